The minimum Gasteiger partial charge on any atom is -0.347 e. The van der Waals surface area contributed by atoms with Gasteiger partial charge >= 0.3 is 0 Å². The van der Waals surface area contributed by atoms with Gasteiger partial charge in [-0.2, -0.15) is 4.31 Å². The van der Waals surface area contributed by atoms with Crippen molar-refractivity contribution in [1.29, 1.82) is 0 Å². The second kappa shape index (κ2) is 8.27. The van der Waals surface area contributed by atoms with Crippen LogP contribution in [0.5, 0.6) is 0 Å². The number of piperidine rings is 1. The highest BCUT2D eigenvalue weighted by Crippen LogP contribution is 2.36. The van der Waals surface area contributed by atoms with Gasteiger partial charge in [-0.3, -0.25) is 9.59 Å². The summed E-state index contributed by atoms with van der Waals surface area (Å²) in [6.07, 6.45) is 2.85. The van der Waals surface area contributed by atoms with Crippen molar-refractivity contribution in [3.8, 4) is 11.1 Å². The van der Waals surface area contributed by atoms with E-state index in [9.17, 15) is 18.0 Å². The lowest BCUT2D eigenvalue weighted by Crippen LogP contribution is -2.35. The van der Waals surface area contributed by atoms with E-state index in [4.69, 9.17) is 0 Å². The smallest absolute Gasteiger partial charge is 0.252 e. The zero-order valence-corrected chi connectivity index (χ0v) is 19.0. The lowest BCUT2D eigenvalue weighted by atomic mass is 10.0. The van der Waals surface area contributed by atoms with Gasteiger partial charge in [-0.1, -0.05) is 36.8 Å². The molecule has 6 nitrogen and oxygen atoms in total. The third kappa shape index (κ3) is 3.68. The number of benzene rings is 2. The van der Waals surface area contributed by atoms with Crippen LogP contribution in [0.1, 0.15) is 50.4 Å². The van der Waals surface area contributed by atoms with E-state index in [1.54, 1.807) is 34.6 Å². The molecule has 1 aliphatic carbocycles. The van der Waals surface area contributed by atoms with Gasteiger partial charge < -0.3 is 5.32 Å². The Morgan fingerprint density at radius 1 is 0.906 bits per heavy atom. The van der Waals surface area contributed by atoms with Gasteiger partial charge in [0.05, 0.1) is 6.54 Å². The predicted octanol–water partition coefficient (Wildman–Crippen LogP) is 4.06. The van der Waals surface area contributed by atoms with Crippen molar-refractivity contribution in [2.75, 3.05) is 13.1 Å². The number of sulfonamides is 1. The van der Waals surface area contributed by atoms with E-state index in [1.807, 2.05) is 24.3 Å². The monoisotopic (exact) mass is 466 g/mol. The largest absolute Gasteiger partial charge is 0.347 e. The molecule has 0 atom stereocenters. The fraction of sp³-hybridized carbons (Fsp3) is 0.250. The molecule has 3 aromatic rings. The molecule has 0 unspecified atom stereocenters. The fourth-order valence-corrected chi connectivity index (χ4v) is 7.23. The van der Waals surface area contributed by atoms with Crippen molar-refractivity contribution >= 4 is 33.1 Å². The van der Waals surface area contributed by atoms with Crippen molar-refractivity contribution in [2.24, 2.45) is 0 Å². The molecule has 2 aromatic carbocycles. The summed E-state index contributed by atoms with van der Waals surface area (Å²) in [4.78, 5) is 26.1. The molecule has 0 spiro atoms. The first-order chi connectivity index (χ1) is 15.4. The van der Waals surface area contributed by atoms with E-state index in [1.165, 1.54) is 11.3 Å². The topological polar surface area (TPSA) is 83.6 Å². The molecule has 0 bridgehead atoms. The third-order valence-electron chi connectivity index (χ3n) is 5.96. The van der Waals surface area contributed by atoms with E-state index in [0.717, 1.165) is 35.3 Å². The number of fused-ring (bicyclic) bond motifs is 3. The van der Waals surface area contributed by atoms with Gasteiger partial charge in [0.2, 0.25) is 0 Å². The van der Waals surface area contributed by atoms with Crippen molar-refractivity contribution in [3.05, 3.63) is 76.2 Å². The van der Waals surface area contributed by atoms with Gasteiger partial charge in [0.25, 0.3) is 15.9 Å². The maximum absolute atomic E-state index is 12.8. The molecule has 1 aromatic heterocycles. The Kier molecular flexibility index (Phi) is 5.44. The average molecular weight is 467 g/mol. The zero-order valence-electron chi connectivity index (χ0n) is 17.3. The number of thiophene rings is 1. The van der Waals surface area contributed by atoms with Crippen LogP contribution in [-0.4, -0.2) is 37.5 Å². The van der Waals surface area contributed by atoms with E-state index < -0.39 is 10.0 Å². The summed E-state index contributed by atoms with van der Waals surface area (Å²) in [5, 5.41) is 2.84. The summed E-state index contributed by atoms with van der Waals surface area (Å²) in [6.45, 7) is 1.35. The summed E-state index contributed by atoms with van der Waals surface area (Å²) in [5.74, 6) is -0.374. The van der Waals surface area contributed by atoms with Crippen molar-refractivity contribution in [1.82, 2.24) is 9.62 Å². The summed E-state index contributed by atoms with van der Waals surface area (Å²) in [5.41, 5.74) is 3.32. The fourth-order valence-electron chi connectivity index (χ4n) is 4.26. The lowest BCUT2D eigenvalue weighted by Gasteiger charge is -2.25. The first-order valence-electron chi connectivity index (χ1n) is 10.6. The van der Waals surface area contributed by atoms with Crippen LogP contribution in [0.25, 0.3) is 11.1 Å². The van der Waals surface area contributed by atoms with E-state index in [-0.39, 0.29) is 18.2 Å². The quantitative estimate of drug-likeness (QED) is 0.481. The summed E-state index contributed by atoms with van der Waals surface area (Å²) >= 11 is 1.18. The molecule has 0 radical (unpaired) electrons. The second-order valence-electron chi connectivity index (χ2n) is 8.00. The van der Waals surface area contributed by atoms with Crippen LogP contribution in [-0.2, 0) is 16.6 Å². The van der Waals surface area contributed by atoms with Crippen molar-refractivity contribution in [3.63, 3.8) is 0 Å². The number of hydrogen-bond donors (Lipinski definition) is 1. The number of carbonyl (C=O) groups is 2. The highest BCUT2D eigenvalue weighted by atomic mass is 32.2. The van der Waals surface area contributed by atoms with E-state index in [0.29, 0.717) is 34.0 Å². The van der Waals surface area contributed by atoms with Gasteiger partial charge in [0.15, 0.2) is 5.78 Å². The molecule has 1 saturated heterocycles. The number of carbonyl (C=O) groups excluding carboxylic acids is 2. The number of rotatable bonds is 5. The summed E-state index contributed by atoms with van der Waals surface area (Å²) < 4.78 is 27.5. The Labute approximate surface area is 190 Å². The number of amides is 1. The van der Waals surface area contributed by atoms with Crippen LogP contribution >= 0.6 is 11.3 Å². The molecule has 1 fully saturated rings. The number of ketones is 1. The Bertz CT molecular complexity index is 1320. The molecular weight excluding hydrogens is 444 g/mol. The standard InChI is InChI=1S/C24H22N2O4S2/c27-23-20-7-3-2-6-18(20)19-10-8-16(14-21(19)23)24(28)25-15-17-9-11-22(31-17)32(29,30)26-12-4-1-5-13-26/h2-3,6-11,14H,1,4-5,12-13,15H2,(H,25,28). The Morgan fingerprint density at radius 2 is 1.62 bits per heavy atom. The minimum absolute atomic E-state index is 0.0731. The van der Waals surface area contributed by atoms with Crippen LogP contribution < -0.4 is 5.32 Å². The van der Waals surface area contributed by atoms with Crippen molar-refractivity contribution < 1.29 is 18.0 Å². The van der Waals surface area contributed by atoms with Crippen molar-refractivity contribution in [2.45, 2.75) is 30.0 Å². The van der Waals surface area contributed by atoms with Crippen LogP contribution in [0.3, 0.4) is 0 Å². The minimum atomic E-state index is -3.47. The molecule has 2 aliphatic rings. The van der Waals surface area contributed by atoms with Crippen LogP contribution in [0.15, 0.2) is 58.8 Å². The molecule has 5 rings (SSSR count). The van der Waals surface area contributed by atoms with E-state index in [2.05, 4.69) is 5.32 Å². The number of nitrogens with one attached hydrogen (secondary N) is 1. The maximum atomic E-state index is 12.8. The SMILES string of the molecule is O=C(NCc1ccc(S(=O)(=O)N2CCCCC2)s1)c1ccc2c(c1)C(=O)c1ccccc1-2. The van der Waals surface area contributed by atoms with Crippen LogP contribution in [0, 0.1) is 0 Å². The first-order valence-corrected chi connectivity index (χ1v) is 12.9. The van der Waals surface area contributed by atoms with Crippen LogP contribution in [0.4, 0.5) is 0 Å². The maximum Gasteiger partial charge on any atom is 0.252 e. The molecule has 32 heavy (non-hydrogen) atoms. The molecule has 0 saturated carbocycles. The third-order valence-corrected chi connectivity index (χ3v) is 9.41. The van der Waals surface area contributed by atoms with Gasteiger partial charge in [0.1, 0.15) is 4.21 Å². The van der Waals surface area contributed by atoms with Crippen LogP contribution in [0.2, 0.25) is 0 Å². The molecule has 1 aliphatic heterocycles. The Hall–Kier alpha value is -2.81. The summed E-state index contributed by atoms with van der Waals surface area (Å²) in [7, 11) is -3.47. The average Bonchev–Trinajstić information content (AvgIpc) is 3.42. The lowest BCUT2D eigenvalue weighted by molar-refractivity contribution is 0.0951. The molecule has 1 amide bonds. The molecule has 2 heterocycles. The first kappa shape index (κ1) is 21.1. The molecule has 164 valence electrons. The summed E-state index contributed by atoms with van der Waals surface area (Å²) in [6, 6.07) is 15.9. The predicted molar refractivity (Wildman–Crippen MR) is 123 cm³/mol. The highest BCUT2D eigenvalue weighted by Gasteiger charge is 2.28. The molecule has 8 heteroatoms. The normalized spacial score (nSPS) is 15.9. The van der Waals surface area contributed by atoms with E-state index >= 15 is 0 Å². The zero-order chi connectivity index (χ0) is 22.3. The Morgan fingerprint density at radius 3 is 2.41 bits per heavy atom. The molecular formula is C24H22N2O4S2. The Balaban J connectivity index is 1.28. The van der Waals surface area contributed by atoms with Gasteiger partial charge in [-0.15, -0.1) is 11.3 Å². The second-order valence-corrected chi connectivity index (χ2v) is 11.3. The van der Waals surface area contributed by atoms with Gasteiger partial charge in [-0.05, 0) is 48.2 Å². The molecule has 1 N–H and O–H groups in total. The number of nitrogens with zero attached hydrogens (tertiary/aromatic N) is 1. The number of hydrogen-bond acceptors (Lipinski definition) is 5. The van der Waals surface area contributed by atoms with Gasteiger partial charge in [0, 0.05) is 34.7 Å². The van der Waals surface area contributed by atoms with Gasteiger partial charge in [-0.25, -0.2) is 8.42 Å². The highest BCUT2D eigenvalue weighted by molar-refractivity contribution is 7.91.